The maximum atomic E-state index is 12.3. The summed E-state index contributed by atoms with van der Waals surface area (Å²) >= 11 is 0. The van der Waals surface area contributed by atoms with E-state index in [-0.39, 0.29) is 6.61 Å². The molecule has 0 spiro atoms. The Bertz CT molecular complexity index is 1020. The topological polar surface area (TPSA) is 73.2 Å². The molecule has 0 saturated heterocycles. The van der Waals surface area contributed by atoms with Crippen molar-refractivity contribution in [2.24, 2.45) is 0 Å². The molecule has 0 atom stereocenters. The average Bonchev–Trinajstić information content (AvgIpc) is 3.53. The predicted octanol–water partition coefficient (Wildman–Crippen LogP) is 3.94. The highest BCUT2D eigenvalue weighted by atomic mass is 16.5. The zero-order valence-electron chi connectivity index (χ0n) is 15.8. The number of rotatable bonds is 7. The number of carbonyl (C=O) groups is 2. The van der Waals surface area contributed by atoms with E-state index < -0.39 is 11.9 Å². The number of nitrogens with one attached hydrogen (secondary N) is 1. The van der Waals surface area contributed by atoms with Crippen LogP contribution in [0.2, 0.25) is 0 Å². The first kappa shape index (κ1) is 18.7. The Hall–Kier alpha value is -3.67. The molecule has 1 aliphatic carbocycles. The van der Waals surface area contributed by atoms with E-state index in [1.807, 2.05) is 66.7 Å². The fraction of sp³-hybridized carbons (Fsp3) is 0.174. The molecule has 1 aliphatic rings. The second-order valence-electron chi connectivity index (χ2n) is 6.88. The summed E-state index contributed by atoms with van der Waals surface area (Å²) in [4.78, 5) is 24.2. The number of esters is 1. The van der Waals surface area contributed by atoms with Crippen LogP contribution in [0.4, 0.5) is 5.82 Å². The first-order valence-electron chi connectivity index (χ1n) is 9.54. The molecule has 0 aliphatic heterocycles. The second-order valence-corrected chi connectivity index (χ2v) is 6.88. The van der Waals surface area contributed by atoms with Crippen LogP contribution in [-0.2, 0) is 14.3 Å². The van der Waals surface area contributed by atoms with Crippen molar-refractivity contribution < 1.29 is 14.3 Å². The Morgan fingerprint density at radius 1 is 1.07 bits per heavy atom. The van der Waals surface area contributed by atoms with Crippen LogP contribution in [0.5, 0.6) is 0 Å². The van der Waals surface area contributed by atoms with E-state index in [1.54, 1.807) is 10.8 Å². The lowest BCUT2D eigenvalue weighted by Crippen LogP contribution is -2.21. The Morgan fingerprint density at radius 3 is 2.45 bits per heavy atom. The SMILES string of the molecule is O=C(COC(=O)/C=C/c1ccccc1)Nc1cc(C2CC2)nn1-c1ccccc1. The van der Waals surface area contributed by atoms with Crippen LogP contribution in [0.15, 0.2) is 72.8 Å². The quantitative estimate of drug-likeness (QED) is 0.492. The zero-order chi connectivity index (χ0) is 20.1. The van der Waals surface area contributed by atoms with Gasteiger partial charge in [-0.15, -0.1) is 0 Å². The van der Waals surface area contributed by atoms with E-state index >= 15 is 0 Å². The van der Waals surface area contributed by atoms with E-state index in [9.17, 15) is 9.59 Å². The third-order valence-corrected chi connectivity index (χ3v) is 4.55. The fourth-order valence-electron chi connectivity index (χ4n) is 2.93. The summed E-state index contributed by atoms with van der Waals surface area (Å²) in [6.07, 6.45) is 5.18. The van der Waals surface area contributed by atoms with Crippen LogP contribution >= 0.6 is 0 Å². The standard InChI is InChI=1S/C23H21N3O3/c27-22(16-29-23(28)14-11-17-7-3-1-4-8-17)24-21-15-20(18-12-13-18)25-26(21)19-9-5-2-6-10-19/h1-11,14-15,18H,12-13,16H2,(H,24,27)/b14-11+. The second kappa shape index (κ2) is 8.56. The Labute approximate surface area is 168 Å². The molecule has 3 aromatic rings. The van der Waals surface area contributed by atoms with Gasteiger partial charge < -0.3 is 10.1 Å². The highest BCUT2D eigenvalue weighted by molar-refractivity contribution is 5.94. The van der Waals surface area contributed by atoms with Gasteiger partial charge in [0.1, 0.15) is 5.82 Å². The lowest BCUT2D eigenvalue weighted by atomic mass is 10.2. The number of carbonyl (C=O) groups excluding carboxylic acids is 2. The van der Waals surface area contributed by atoms with E-state index in [1.165, 1.54) is 6.08 Å². The van der Waals surface area contributed by atoms with Gasteiger partial charge in [0.25, 0.3) is 5.91 Å². The highest BCUT2D eigenvalue weighted by Crippen LogP contribution is 2.40. The number of anilines is 1. The summed E-state index contributed by atoms with van der Waals surface area (Å²) in [6, 6.07) is 20.9. The summed E-state index contributed by atoms with van der Waals surface area (Å²) in [5, 5.41) is 7.44. The number of ether oxygens (including phenoxy) is 1. The van der Waals surface area contributed by atoms with Crippen LogP contribution in [0.1, 0.15) is 30.0 Å². The molecule has 1 amide bonds. The van der Waals surface area contributed by atoms with E-state index in [2.05, 4.69) is 10.4 Å². The molecule has 4 rings (SSSR count). The molecular weight excluding hydrogens is 366 g/mol. The Kier molecular flexibility index (Phi) is 5.52. The molecule has 0 bridgehead atoms. The number of hydrogen-bond acceptors (Lipinski definition) is 4. The monoisotopic (exact) mass is 387 g/mol. The number of aromatic nitrogens is 2. The van der Waals surface area contributed by atoms with E-state index in [0.29, 0.717) is 11.7 Å². The van der Waals surface area contributed by atoms with Crippen molar-refractivity contribution in [3.8, 4) is 5.69 Å². The van der Waals surface area contributed by atoms with Crippen molar-refractivity contribution in [1.82, 2.24) is 9.78 Å². The van der Waals surface area contributed by atoms with Crippen LogP contribution < -0.4 is 5.32 Å². The maximum absolute atomic E-state index is 12.3. The van der Waals surface area contributed by atoms with Crippen molar-refractivity contribution in [2.75, 3.05) is 11.9 Å². The minimum absolute atomic E-state index is 0.364. The van der Waals surface area contributed by atoms with Gasteiger partial charge in [-0.25, -0.2) is 9.48 Å². The zero-order valence-corrected chi connectivity index (χ0v) is 15.8. The molecule has 6 nitrogen and oxygen atoms in total. The summed E-state index contributed by atoms with van der Waals surface area (Å²) in [5.41, 5.74) is 2.71. The minimum atomic E-state index is -0.570. The van der Waals surface area contributed by atoms with Gasteiger partial charge in [0, 0.05) is 18.1 Å². The molecule has 0 unspecified atom stereocenters. The number of benzene rings is 2. The smallest absolute Gasteiger partial charge is 0.331 e. The largest absolute Gasteiger partial charge is 0.452 e. The molecular formula is C23H21N3O3. The van der Waals surface area contributed by atoms with Gasteiger partial charge >= 0.3 is 5.97 Å². The molecule has 1 fully saturated rings. The molecule has 2 aromatic carbocycles. The molecule has 1 saturated carbocycles. The third kappa shape index (κ3) is 4.99. The van der Waals surface area contributed by atoms with Gasteiger partial charge in [0.05, 0.1) is 11.4 Å². The Balaban J connectivity index is 1.38. The summed E-state index contributed by atoms with van der Waals surface area (Å²) in [6.45, 7) is -0.364. The van der Waals surface area contributed by atoms with Crippen molar-refractivity contribution in [3.63, 3.8) is 0 Å². The summed E-state index contributed by atoms with van der Waals surface area (Å²) < 4.78 is 6.75. The van der Waals surface area contributed by atoms with Crippen LogP contribution in [0.25, 0.3) is 11.8 Å². The molecule has 146 valence electrons. The summed E-state index contributed by atoms with van der Waals surface area (Å²) in [7, 11) is 0. The van der Waals surface area contributed by atoms with Gasteiger partial charge in [-0.3, -0.25) is 4.79 Å². The lowest BCUT2D eigenvalue weighted by Gasteiger charge is -2.08. The lowest BCUT2D eigenvalue weighted by molar-refractivity contribution is -0.142. The average molecular weight is 387 g/mol. The number of para-hydroxylation sites is 1. The van der Waals surface area contributed by atoms with Crippen molar-refractivity contribution in [1.29, 1.82) is 0 Å². The number of hydrogen-bond donors (Lipinski definition) is 1. The van der Waals surface area contributed by atoms with Crippen molar-refractivity contribution >= 4 is 23.8 Å². The Morgan fingerprint density at radius 2 is 1.76 bits per heavy atom. The van der Waals surface area contributed by atoms with Crippen LogP contribution in [0.3, 0.4) is 0 Å². The summed E-state index contributed by atoms with van der Waals surface area (Å²) in [5.74, 6) is 0.0423. The normalized spacial score (nSPS) is 13.4. The van der Waals surface area contributed by atoms with Gasteiger partial charge in [-0.2, -0.15) is 5.10 Å². The van der Waals surface area contributed by atoms with Crippen molar-refractivity contribution in [3.05, 3.63) is 84.1 Å². The van der Waals surface area contributed by atoms with E-state index in [0.717, 1.165) is 29.8 Å². The minimum Gasteiger partial charge on any atom is -0.452 e. The van der Waals surface area contributed by atoms with Gasteiger partial charge in [0.2, 0.25) is 0 Å². The fourth-order valence-corrected chi connectivity index (χ4v) is 2.93. The van der Waals surface area contributed by atoms with Gasteiger partial charge in [0.15, 0.2) is 6.61 Å². The first-order valence-corrected chi connectivity index (χ1v) is 9.54. The van der Waals surface area contributed by atoms with Crippen LogP contribution in [-0.4, -0.2) is 28.3 Å². The molecule has 1 N–H and O–H groups in total. The third-order valence-electron chi connectivity index (χ3n) is 4.55. The predicted molar refractivity (Wildman–Crippen MR) is 111 cm³/mol. The number of amides is 1. The van der Waals surface area contributed by atoms with Crippen molar-refractivity contribution in [2.45, 2.75) is 18.8 Å². The molecule has 6 heteroatoms. The van der Waals surface area contributed by atoms with Crippen LogP contribution in [0, 0.1) is 0 Å². The maximum Gasteiger partial charge on any atom is 0.331 e. The molecule has 29 heavy (non-hydrogen) atoms. The van der Waals surface area contributed by atoms with Gasteiger partial charge in [-0.1, -0.05) is 48.5 Å². The van der Waals surface area contributed by atoms with Gasteiger partial charge in [-0.05, 0) is 36.6 Å². The number of nitrogens with zero attached hydrogens (tertiary/aromatic N) is 2. The molecule has 1 heterocycles. The molecule has 0 radical (unpaired) electrons. The van der Waals surface area contributed by atoms with E-state index in [4.69, 9.17) is 4.74 Å². The first-order chi connectivity index (χ1) is 14.2. The molecule has 1 aromatic heterocycles. The highest BCUT2D eigenvalue weighted by Gasteiger charge is 2.28.